The number of allylic oxidation sites excluding steroid dienone is 2. The van der Waals surface area contributed by atoms with Gasteiger partial charge in [0.15, 0.2) is 0 Å². The van der Waals surface area contributed by atoms with Crippen LogP contribution in [0.3, 0.4) is 0 Å². The first-order chi connectivity index (χ1) is 17.6. The number of amides is 1. The van der Waals surface area contributed by atoms with Gasteiger partial charge in [-0.1, -0.05) is 73.3 Å². The van der Waals surface area contributed by atoms with Gasteiger partial charge >= 0.3 is 0 Å². The molecule has 5 rings (SSSR count). The molecule has 0 bridgehead atoms. The molecule has 5 nitrogen and oxygen atoms in total. The molecule has 36 heavy (non-hydrogen) atoms. The molecular weight excluding hydrogens is 470 g/mol. The van der Waals surface area contributed by atoms with Gasteiger partial charge in [-0.05, 0) is 42.5 Å². The van der Waals surface area contributed by atoms with Crippen molar-refractivity contribution >= 4 is 17.5 Å². The summed E-state index contributed by atoms with van der Waals surface area (Å²) in [5.74, 6) is 0.488. The second-order valence-corrected chi connectivity index (χ2v) is 11.0. The first kappa shape index (κ1) is 25.2. The minimum Gasteiger partial charge on any atom is -0.510 e. The van der Waals surface area contributed by atoms with E-state index in [1.165, 1.54) is 30.4 Å². The van der Waals surface area contributed by atoms with Crippen molar-refractivity contribution in [2.24, 2.45) is 5.92 Å². The fourth-order valence-electron chi connectivity index (χ4n) is 6.12. The van der Waals surface area contributed by atoms with Crippen LogP contribution >= 0.6 is 11.6 Å². The molecule has 2 aromatic rings. The standard InChI is InChI=1S/C30H38ClN3O2/c31-25-14-12-23(13-15-25)29(22-8-3-1-4-9-22)34-17-7-16-33(18-19-34)27-20-24(30(27)36)21-28(35)32-26-10-5-2-6-11-26/h1,3-4,8-9,12-15,24,26,29,36H,2,5-7,10-11,16-21H2,(H,32,35). The van der Waals surface area contributed by atoms with Crippen LogP contribution in [0.25, 0.3) is 0 Å². The van der Waals surface area contributed by atoms with E-state index in [9.17, 15) is 9.90 Å². The van der Waals surface area contributed by atoms with E-state index in [2.05, 4.69) is 57.6 Å². The van der Waals surface area contributed by atoms with Gasteiger partial charge in [0, 0.05) is 56.0 Å². The lowest BCUT2D eigenvalue weighted by molar-refractivity contribution is -0.123. The van der Waals surface area contributed by atoms with Crippen molar-refractivity contribution in [3.05, 3.63) is 82.2 Å². The first-order valence-electron chi connectivity index (χ1n) is 13.6. The molecule has 2 N–H and O–H groups in total. The highest BCUT2D eigenvalue weighted by Crippen LogP contribution is 2.38. The van der Waals surface area contributed by atoms with Crippen LogP contribution in [-0.2, 0) is 4.79 Å². The molecular formula is C30H38ClN3O2. The molecule has 0 radical (unpaired) electrons. The summed E-state index contributed by atoms with van der Waals surface area (Å²) in [6, 6.07) is 19.4. The summed E-state index contributed by atoms with van der Waals surface area (Å²) in [5, 5.41) is 14.8. The molecule has 2 fully saturated rings. The highest BCUT2D eigenvalue weighted by atomic mass is 35.5. The van der Waals surface area contributed by atoms with Crippen LogP contribution in [0.1, 0.15) is 68.5 Å². The van der Waals surface area contributed by atoms with Crippen molar-refractivity contribution in [1.29, 1.82) is 0 Å². The van der Waals surface area contributed by atoms with Crippen LogP contribution in [0.15, 0.2) is 66.1 Å². The average molecular weight is 508 g/mol. The molecule has 2 atom stereocenters. The van der Waals surface area contributed by atoms with Gasteiger partial charge in [0.05, 0.1) is 11.7 Å². The largest absolute Gasteiger partial charge is 0.510 e. The fraction of sp³-hybridized carbons (Fsp3) is 0.500. The maximum Gasteiger partial charge on any atom is 0.220 e. The van der Waals surface area contributed by atoms with E-state index in [4.69, 9.17) is 11.6 Å². The monoisotopic (exact) mass is 507 g/mol. The number of hydrogen-bond acceptors (Lipinski definition) is 4. The Kier molecular flexibility index (Phi) is 8.18. The molecule has 2 aromatic carbocycles. The van der Waals surface area contributed by atoms with Gasteiger partial charge in [-0.15, -0.1) is 0 Å². The predicted octanol–water partition coefficient (Wildman–Crippen LogP) is 6.07. The molecule has 1 heterocycles. The number of rotatable bonds is 7. The van der Waals surface area contributed by atoms with Gasteiger partial charge in [0.1, 0.15) is 5.76 Å². The lowest BCUT2D eigenvalue weighted by atomic mass is 9.84. The number of nitrogens with one attached hydrogen (secondary N) is 1. The number of nitrogens with zero attached hydrogens (tertiary/aromatic N) is 2. The highest BCUT2D eigenvalue weighted by Gasteiger charge is 2.36. The fourth-order valence-corrected chi connectivity index (χ4v) is 6.24. The molecule has 2 unspecified atom stereocenters. The third-order valence-corrected chi connectivity index (χ3v) is 8.35. The topological polar surface area (TPSA) is 55.8 Å². The Balaban J connectivity index is 1.22. The molecule has 3 aliphatic rings. The van der Waals surface area contributed by atoms with Gasteiger partial charge in [0.25, 0.3) is 0 Å². The predicted molar refractivity (Wildman–Crippen MR) is 145 cm³/mol. The molecule has 2 aliphatic carbocycles. The van der Waals surface area contributed by atoms with Crippen LogP contribution in [0.5, 0.6) is 0 Å². The number of aliphatic hydroxyl groups is 1. The zero-order valence-corrected chi connectivity index (χ0v) is 21.8. The molecule has 192 valence electrons. The van der Waals surface area contributed by atoms with Crippen LogP contribution in [0.2, 0.25) is 5.02 Å². The van der Waals surface area contributed by atoms with E-state index in [0.29, 0.717) is 18.2 Å². The Morgan fingerprint density at radius 3 is 2.36 bits per heavy atom. The number of aliphatic hydroxyl groups excluding tert-OH is 1. The highest BCUT2D eigenvalue weighted by molar-refractivity contribution is 6.30. The SMILES string of the molecule is O=C(CC1CC(N2CCCN(C(c3ccccc3)c3ccc(Cl)cc3)CC2)=C1O)NC1CCCCC1. The van der Waals surface area contributed by atoms with E-state index in [1.54, 1.807) is 0 Å². The summed E-state index contributed by atoms with van der Waals surface area (Å²) < 4.78 is 0. The minimum atomic E-state index is -0.0333. The number of benzene rings is 2. The Morgan fingerprint density at radius 1 is 0.917 bits per heavy atom. The van der Waals surface area contributed by atoms with Gasteiger partial charge in [-0.25, -0.2) is 0 Å². The molecule has 1 amide bonds. The number of hydrogen-bond donors (Lipinski definition) is 2. The second-order valence-electron chi connectivity index (χ2n) is 10.6. The number of carbonyl (C=O) groups excluding carboxylic acids is 1. The van der Waals surface area contributed by atoms with Crippen molar-refractivity contribution in [2.75, 3.05) is 26.2 Å². The molecule has 1 saturated heterocycles. The van der Waals surface area contributed by atoms with E-state index >= 15 is 0 Å². The van der Waals surface area contributed by atoms with Crippen molar-refractivity contribution in [1.82, 2.24) is 15.1 Å². The lowest BCUT2D eigenvalue weighted by Crippen LogP contribution is -2.40. The zero-order chi connectivity index (χ0) is 24.9. The summed E-state index contributed by atoms with van der Waals surface area (Å²) in [4.78, 5) is 17.4. The van der Waals surface area contributed by atoms with Crippen LogP contribution in [0.4, 0.5) is 0 Å². The van der Waals surface area contributed by atoms with Crippen molar-refractivity contribution in [3.63, 3.8) is 0 Å². The van der Waals surface area contributed by atoms with Crippen molar-refractivity contribution in [2.45, 2.75) is 63.5 Å². The Labute approximate surface area is 220 Å². The third kappa shape index (κ3) is 5.90. The first-order valence-corrected chi connectivity index (χ1v) is 14.0. The summed E-state index contributed by atoms with van der Waals surface area (Å²) in [6.45, 7) is 3.70. The number of halogens is 1. The summed E-state index contributed by atoms with van der Waals surface area (Å²) in [5.41, 5.74) is 3.56. The second kappa shape index (κ2) is 11.7. The van der Waals surface area contributed by atoms with Crippen LogP contribution in [0, 0.1) is 5.92 Å². The molecule has 1 aliphatic heterocycles. The van der Waals surface area contributed by atoms with Gasteiger partial charge in [0.2, 0.25) is 5.91 Å². The van der Waals surface area contributed by atoms with Gasteiger partial charge < -0.3 is 15.3 Å². The van der Waals surface area contributed by atoms with Gasteiger partial charge in [-0.2, -0.15) is 0 Å². The Morgan fingerprint density at radius 2 is 1.64 bits per heavy atom. The molecule has 0 spiro atoms. The van der Waals surface area contributed by atoms with E-state index in [1.807, 2.05) is 12.1 Å². The van der Waals surface area contributed by atoms with Crippen molar-refractivity contribution in [3.8, 4) is 0 Å². The Bertz CT molecular complexity index is 1050. The Hall–Kier alpha value is -2.50. The maximum absolute atomic E-state index is 12.5. The smallest absolute Gasteiger partial charge is 0.220 e. The molecule has 1 saturated carbocycles. The average Bonchev–Trinajstić information content (AvgIpc) is 3.14. The molecule has 0 aromatic heterocycles. The summed E-state index contributed by atoms with van der Waals surface area (Å²) in [7, 11) is 0. The lowest BCUT2D eigenvalue weighted by Gasteiger charge is -2.37. The van der Waals surface area contributed by atoms with E-state index in [0.717, 1.165) is 62.6 Å². The molecule has 6 heteroatoms. The van der Waals surface area contributed by atoms with Crippen LogP contribution in [-0.4, -0.2) is 53.0 Å². The summed E-state index contributed by atoms with van der Waals surface area (Å²) >= 11 is 6.18. The quantitative estimate of drug-likeness (QED) is 0.478. The van der Waals surface area contributed by atoms with Crippen LogP contribution < -0.4 is 5.32 Å². The van der Waals surface area contributed by atoms with Gasteiger partial charge in [-0.3, -0.25) is 9.69 Å². The maximum atomic E-state index is 12.5. The van der Waals surface area contributed by atoms with E-state index in [-0.39, 0.29) is 17.9 Å². The van der Waals surface area contributed by atoms with Crippen molar-refractivity contribution < 1.29 is 9.90 Å². The normalized spacial score (nSPS) is 22.6. The number of carbonyl (C=O) groups is 1. The van der Waals surface area contributed by atoms with E-state index < -0.39 is 0 Å². The minimum absolute atomic E-state index is 0.0333. The summed E-state index contributed by atoms with van der Waals surface area (Å²) in [6.07, 6.45) is 8.10. The third-order valence-electron chi connectivity index (χ3n) is 8.10. The zero-order valence-electron chi connectivity index (χ0n) is 21.0.